The van der Waals surface area contributed by atoms with Crippen molar-refractivity contribution in [3.8, 4) is 5.69 Å². The fraction of sp³-hybridized carbons (Fsp3) is 0.238. The summed E-state index contributed by atoms with van der Waals surface area (Å²) in [6.07, 6.45) is 0. The fourth-order valence-corrected chi connectivity index (χ4v) is 4.19. The van der Waals surface area contributed by atoms with Crippen molar-refractivity contribution in [1.82, 2.24) is 19.2 Å². The lowest BCUT2D eigenvalue weighted by atomic mass is 10.1. The Hall–Kier alpha value is -3.13. The van der Waals surface area contributed by atoms with Crippen LogP contribution in [0.25, 0.3) is 22.4 Å². The Kier molecular flexibility index (Phi) is 4.87. The third kappa shape index (κ3) is 3.19. The van der Waals surface area contributed by atoms with Crippen molar-refractivity contribution in [1.29, 1.82) is 0 Å². The number of carbonyl (C=O) groups excluding carboxylic acids is 1. The normalized spacial score (nSPS) is 12.4. The molecule has 8 heteroatoms. The van der Waals surface area contributed by atoms with E-state index in [4.69, 9.17) is 4.74 Å². The highest BCUT2D eigenvalue weighted by Crippen LogP contribution is 2.27. The van der Waals surface area contributed by atoms with Gasteiger partial charge in [0.05, 0.1) is 23.7 Å². The third-order valence-corrected chi connectivity index (χ3v) is 5.84. The molecule has 4 rings (SSSR count). The second kappa shape index (κ2) is 7.36. The van der Waals surface area contributed by atoms with Crippen LogP contribution in [0, 0.1) is 13.8 Å². The van der Waals surface area contributed by atoms with Gasteiger partial charge in [0, 0.05) is 0 Å². The van der Waals surface area contributed by atoms with E-state index in [9.17, 15) is 9.59 Å². The lowest BCUT2D eigenvalue weighted by molar-refractivity contribution is -0.139. The number of hydrogen-bond acceptors (Lipinski definition) is 6. The molecule has 1 unspecified atom stereocenters. The van der Waals surface area contributed by atoms with Crippen LogP contribution in [0.4, 0.5) is 0 Å². The van der Waals surface area contributed by atoms with Gasteiger partial charge in [0.1, 0.15) is 5.25 Å². The number of nitrogens with zero attached hydrogens (tertiary/aromatic N) is 4. The lowest BCUT2D eigenvalue weighted by Crippen LogP contribution is -2.23. The average Bonchev–Trinajstić information content (AvgIpc) is 3.13. The first kappa shape index (κ1) is 19.2. The van der Waals surface area contributed by atoms with Gasteiger partial charge in [-0.25, -0.2) is 4.57 Å². The molecule has 0 spiro atoms. The van der Waals surface area contributed by atoms with Gasteiger partial charge >= 0.3 is 5.97 Å². The van der Waals surface area contributed by atoms with Crippen molar-refractivity contribution < 1.29 is 9.53 Å². The Morgan fingerprint density at radius 1 is 1.14 bits per heavy atom. The van der Waals surface area contributed by atoms with E-state index >= 15 is 0 Å². The average molecular weight is 408 g/mol. The first-order chi connectivity index (χ1) is 13.9. The number of benzene rings is 2. The van der Waals surface area contributed by atoms with Crippen molar-refractivity contribution in [2.45, 2.75) is 31.2 Å². The Balaban J connectivity index is 2.07. The number of hydrogen-bond donors (Lipinski definition) is 0. The highest BCUT2D eigenvalue weighted by molar-refractivity contribution is 8.00. The molecule has 2 aromatic carbocycles. The smallest absolute Gasteiger partial charge is 0.318 e. The molecule has 2 aromatic heterocycles. The SMILES string of the molecule is COC(=O)C(C)Sc1nnc2n(-c3cc(C)ccc3C)c(=O)c3ccccc3n12. The predicted molar refractivity (Wildman–Crippen MR) is 113 cm³/mol. The summed E-state index contributed by atoms with van der Waals surface area (Å²) in [7, 11) is 1.36. The summed E-state index contributed by atoms with van der Waals surface area (Å²) in [5.74, 6) is 0.0564. The molecule has 0 aliphatic heterocycles. The summed E-state index contributed by atoms with van der Waals surface area (Å²) >= 11 is 1.24. The Morgan fingerprint density at radius 2 is 1.90 bits per heavy atom. The molecule has 0 fully saturated rings. The largest absolute Gasteiger partial charge is 0.468 e. The molecule has 4 aromatic rings. The maximum Gasteiger partial charge on any atom is 0.318 e. The Morgan fingerprint density at radius 3 is 2.66 bits per heavy atom. The van der Waals surface area contributed by atoms with Crippen molar-refractivity contribution in [2.75, 3.05) is 7.11 Å². The van der Waals surface area contributed by atoms with Gasteiger partial charge in [-0.05, 0) is 50.1 Å². The molecular weight excluding hydrogens is 388 g/mol. The fourth-order valence-electron chi connectivity index (χ4n) is 3.30. The molecule has 2 heterocycles. The molecule has 0 saturated carbocycles. The second-order valence-corrected chi connectivity index (χ2v) is 8.16. The molecule has 0 N–H and O–H groups in total. The van der Waals surface area contributed by atoms with E-state index < -0.39 is 5.25 Å². The first-order valence-corrected chi connectivity index (χ1v) is 10.0. The number of thioether (sulfide) groups is 1. The molecular formula is C21H20N4O3S. The highest BCUT2D eigenvalue weighted by Gasteiger charge is 2.22. The highest BCUT2D eigenvalue weighted by atomic mass is 32.2. The topological polar surface area (TPSA) is 78.5 Å². The summed E-state index contributed by atoms with van der Waals surface area (Å²) in [5.41, 5.74) is 3.29. The van der Waals surface area contributed by atoms with Gasteiger partial charge in [-0.1, -0.05) is 36.0 Å². The van der Waals surface area contributed by atoms with E-state index in [2.05, 4.69) is 10.2 Å². The van der Waals surface area contributed by atoms with Gasteiger partial charge in [0.2, 0.25) is 5.78 Å². The molecule has 0 radical (unpaired) electrons. The van der Waals surface area contributed by atoms with Crippen molar-refractivity contribution in [2.24, 2.45) is 0 Å². The molecule has 0 bridgehead atoms. The summed E-state index contributed by atoms with van der Waals surface area (Å²) in [4.78, 5) is 25.3. The summed E-state index contributed by atoms with van der Waals surface area (Å²) in [6, 6.07) is 13.3. The zero-order valence-corrected chi connectivity index (χ0v) is 17.4. The van der Waals surface area contributed by atoms with E-state index in [0.29, 0.717) is 21.8 Å². The summed E-state index contributed by atoms with van der Waals surface area (Å²) < 4.78 is 8.24. The zero-order valence-electron chi connectivity index (χ0n) is 16.5. The van der Waals surface area contributed by atoms with Crippen LogP contribution in [0.1, 0.15) is 18.1 Å². The van der Waals surface area contributed by atoms with Crippen LogP contribution in [0.2, 0.25) is 0 Å². The predicted octanol–water partition coefficient (Wildman–Crippen LogP) is 3.30. The molecule has 1 atom stereocenters. The molecule has 0 amide bonds. The molecule has 0 aliphatic rings. The number of aryl methyl sites for hydroxylation is 2. The van der Waals surface area contributed by atoms with E-state index in [1.54, 1.807) is 17.6 Å². The number of aromatic nitrogens is 4. The van der Waals surface area contributed by atoms with Gasteiger partial charge in [-0.15, -0.1) is 10.2 Å². The summed E-state index contributed by atoms with van der Waals surface area (Å²) in [5, 5.41) is 9.21. The molecule has 7 nitrogen and oxygen atoms in total. The Bertz CT molecular complexity index is 1310. The number of fused-ring (bicyclic) bond motifs is 3. The standard InChI is InChI=1S/C21H20N4O3S/c1-12-9-10-13(2)17(11-12)24-18(26)15-7-5-6-8-16(15)25-20(24)22-23-21(25)29-14(3)19(27)28-4/h5-11,14H,1-4H3. The van der Waals surface area contributed by atoms with E-state index in [-0.39, 0.29) is 11.5 Å². The van der Waals surface area contributed by atoms with E-state index in [1.165, 1.54) is 18.9 Å². The monoisotopic (exact) mass is 408 g/mol. The molecule has 148 valence electrons. The first-order valence-electron chi connectivity index (χ1n) is 9.13. The van der Waals surface area contributed by atoms with Gasteiger partial charge < -0.3 is 4.74 Å². The van der Waals surface area contributed by atoms with E-state index in [0.717, 1.165) is 16.8 Å². The van der Waals surface area contributed by atoms with Crippen LogP contribution < -0.4 is 5.56 Å². The molecule has 0 aliphatic carbocycles. The Labute approximate surface area is 171 Å². The number of rotatable bonds is 4. The minimum atomic E-state index is -0.466. The zero-order chi connectivity index (χ0) is 20.7. The van der Waals surface area contributed by atoms with Crippen molar-refractivity contribution in [3.05, 3.63) is 63.9 Å². The van der Waals surface area contributed by atoms with Crippen LogP contribution >= 0.6 is 11.8 Å². The number of methoxy groups -OCH3 is 1. The summed E-state index contributed by atoms with van der Waals surface area (Å²) in [6.45, 7) is 5.69. The number of esters is 1. The van der Waals surface area contributed by atoms with Crippen LogP contribution in [-0.4, -0.2) is 37.5 Å². The number of para-hydroxylation sites is 1. The molecule has 29 heavy (non-hydrogen) atoms. The lowest BCUT2D eigenvalue weighted by Gasteiger charge is -2.14. The number of ether oxygens (including phenoxy) is 1. The second-order valence-electron chi connectivity index (χ2n) is 6.85. The van der Waals surface area contributed by atoms with Gasteiger partial charge in [0.25, 0.3) is 5.56 Å². The maximum absolute atomic E-state index is 13.4. The quantitative estimate of drug-likeness (QED) is 0.381. The van der Waals surface area contributed by atoms with Crippen LogP contribution in [0.3, 0.4) is 0 Å². The van der Waals surface area contributed by atoms with Gasteiger partial charge in [0.15, 0.2) is 5.16 Å². The maximum atomic E-state index is 13.4. The van der Waals surface area contributed by atoms with Gasteiger partial charge in [-0.3, -0.25) is 14.0 Å². The molecule has 0 saturated heterocycles. The van der Waals surface area contributed by atoms with E-state index in [1.807, 2.05) is 54.6 Å². The number of carbonyl (C=O) groups is 1. The van der Waals surface area contributed by atoms with Crippen molar-refractivity contribution in [3.63, 3.8) is 0 Å². The minimum Gasteiger partial charge on any atom is -0.468 e. The van der Waals surface area contributed by atoms with Gasteiger partial charge in [-0.2, -0.15) is 0 Å². The third-order valence-electron chi connectivity index (χ3n) is 4.82. The van der Waals surface area contributed by atoms with Crippen LogP contribution in [0.5, 0.6) is 0 Å². The van der Waals surface area contributed by atoms with Crippen molar-refractivity contribution >= 4 is 34.4 Å². The van der Waals surface area contributed by atoms with Crippen LogP contribution in [0.15, 0.2) is 52.4 Å². The van der Waals surface area contributed by atoms with Crippen LogP contribution in [-0.2, 0) is 9.53 Å². The minimum absolute atomic E-state index is 0.160.